The van der Waals surface area contributed by atoms with Crippen molar-refractivity contribution in [3.05, 3.63) is 59.9 Å². The molecule has 0 aliphatic rings. The fourth-order valence-electron chi connectivity index (χ4n) is 1.96. The Kier molecular flexibility index (Phi) is 5.21. The third-order valence-corrected chi connectivity index (χ3v) is 3.23. The van der Waals surface area contributed by atoms with Crippen LogP contribution in [0.25, 0.3) is 0 Å². The zero-order valence-electron chi connectivity index (χ0n) is 12.0. The molecule has 1 N–H and O–H groups in total. The van der Waals surface area contributed by atoms with E-state index in [0.717, 1.165) is 6.42 Å². The Morgan fingerprint density at radius 3 is 2.29 bits per heavy atom. The van der Waals surface area contributed by atoms with Crippen molar-refractivity contribution in [2.75, 3.05) is 5.32 Å². The van der Waals surface area contributed by atoms with Crippen LogP contribution in [-0.2, 0) is 11.2 Å². The van der Waals surface area contributed by atoms with E-state index in [-0.39, 0.29) is 24.5 Å². The normalized spacial score (nSPS) is 10.1. The van der Waals surface area contributed by atoms with Crippen molar-refractivity contribution in [3.63, 3.8) is 0 Å². The number of hydrogen-bond donors (Lipinski definition) is 1. The number of carbonyl (C=O) groups excluding carboxylic acids is 2. The summed E-state index contributed by atoms with van der Waals surface area (Å²) in [4.78, 5) is 27.7. The number of benzene rings is 1. The van der Waals surface area contributed by atoms with E-state index >= 15 is 0 Å². The Hall–Kier alpha value is -2.49. The molecule has 1 aromatic carbocycles. The van der Waals surface area contributed by atoms with Gasteiger partial charge in [-0.3, -0.25) is 14.6 Å². The number of Topliss-reactive ketones (excluding diaryl/α,β-unsaturated/α-hetero) is 1. The number of carbonyl (C=O) groups is 2. The van der Waals surface area contributed by atoms with Gasteiger partial charge in [0.1, 0.15) is 0 Å². The van der Waals surface area contributed by atoms with Crippen LogP contribution >= 0.6 is 0 Å². The number of aromatic nitrogens is 1. The smallest absolute Gasteiger partial charge is 0.224 e. The van der Waals surface area contributed by atoms with Gasteiger partial charge in [0, 0.05) is 36.5 Å². The van der Waals surface area contributed by atoms with E-state index in [1.807, 2.05) is 24.3 Å². The molecule has 0 spiro atoms. The summed E-state index contributed by atoms with van der Waals surface area (Å²) in [5.74, 6) is -0.178. The van der Waals surface area contributed by atoms with Gasteiger partial charge in [0.15, 0.2) is 5.78 Å². The second-order valence-electron chi connectivity index (χ2n) is 4.76. The number of nitrogens with zero attached hydrogens (tertiary/aromatic N) is 1. The molecule has 4 heteroatoms. The minimum absolute atomic E-state index is 0.0115. The molecule has 0 aliphatic carbocycles. The lowest BCUT2D eigenvalue weighted by Crippen LogP contribution is -2.13. The highest BCUT2D eigenvalue weighted by Gasteiger charge is 2.09. The number of amides is 1. The van der Waals surface area contributed by atoms with Crippen LogP contribution < -0.4 is 5.32 Å². The van der Waals surface area contributed by atoms with Gasteiger partial charge in [-0.1, -0.05) is 31.2 Å². The Morgan fingerprint density at radius 2 is 1.67 bits per heavy atom. The zero-order valence-corrected chi connectivity index (χ0v) is 12.0. The first-order valence-corrected chi connectivity index (χ1v) is 7.01. The molecular formula is C17H18N2O2. The summed E-state index contributed by atoms with van der Waals surface area (Å²) in [5.41, 5.74) is 2.54. The van der Waals surface area contributed by atoms with Crippen molar-refractivity contribution in [1.29, 1.82) is 0 Å². The highest BCUT2D eigenvalue weighted by atomic mass is 16.2. The molecule has 21 heavy (non-hydrogen) atoms. The molecule has 2 rings (SSSR count). The largest absolute Gasteiger partial charge is 0.326 e. The highest BCUT2D eigenvalue weighted by Crippen LogP contribution is 2.10. The van der Waals surface area contributed by atoms with Gasteiger partial charge in [0.2, 0.25) is 5.91 Å². The van der Waals surface area contributed by atoms with Gasteiger partial charge in [0.05, 0.1) is 0 Å². The SMILES string of the molecule is CCc1ccc(C(=O)CCC(=O)Nc2ccncc2)cc1. The Bertz CT molecular complexity index is 606. The summed E-state index contributed by atoms with van der Waals surface area (Å²) >= 11 is 0. The van der Waals surface area contributed by atoms with Crippen molar-refractivity contribution in [2.45, 2.75) is 26.2 Å². The molecular weight excluding hydrogens is 264 g/mol. The number of anilines is 1. The van der Waals surface area contributed by atoms with Crippen molar-refractivity contribution >= 4 is 17.4 Å². The first-order chi connectivity index (χ1) is 10.2. The van der Waals surface area contributed by atoms with Gasteiger partial charge in [-0.05, 0) is 24.1 Å². The minimum atomic E-state index is -0.167. The molecule has 0 aliphatic heterocycles. The Morgan fingerprint density at radius 1 is 1.00 bits per heavy atom. The molecule has 0 fully saturated rings. The van der Waals surface area contributed by atoms with Gasteiger partial charge in [0.25, 0.3) is 0 Å². The molecule has 4 nitrogen and oxygen atoms in total. The van der Waals surface area contributed by atoms with Crippen molar-refractivity contribution in [1.82, 2.24) is 4.98 Å². The fourth-order valence-corrected chi connectivity index (χ4v) is 1.96. The summed E-state index contributed by atoms with van der Waals surface area (Å²) in [6.45, 7) is 2.07. The predicted molar refractivity (Wildman–Crippen MR) is 82.3 cm³/mol. The number of nitrogens with one attached hydrogen (secondary N) is 1. The fraction of sp³-hybridized carbons (Fsp3) is 0.235. The predicted octanol–water partition coefficient (Wildman–Crippen LogP) is 3.25. The second-order valence-corrected chi connectivity index (χ2v) is 4.76. The standard InChI is InChI=1S/C17H18N2O2/c1-2-13-3-5-14(6-4-13)16(20)7-8-17(21)19-15-9-11-18-12-10-15/h3-6,9-12H,2,7-8H2,1H3,(H,18,19,21). The number of pyridine rings is 1. The molecule has 108 valence electrons. The Balaban J connectivity index is 1.84. The number of hydrogen-bond acceptors (Lipinski definition) is 3. The van der Waals surface area contributed by atoms with E-state index in [1.54, 1.807) is 24.5 Å². The van der Waals surface area contributed by atoms with Crippen molar-refractivity contribution in [2.24, 2.45) is 0 Å². The maximum absolute atomic E-state index is 12.0. The van der Waals surface area contributed by atoms with Crippen LogP contribution in [0.3, 0.4) is 0 Å². The van der Waals surface area contributed by atoms with Gasteiger partial charge >= 0.3 is 0 Å². The highest BCUT2D eigenvalue weighted by molar-refractivity contribution is 5.99. The average Bonchev–Trinajstić information content (AvgIpc) is 2.53. The van der Waals surface area contributed by atoms with Crippen LogP contribution in [0.5, 0.6) is 0 Å². The topological polar surface area (TPSA) is 59.1 Å². The monoisotopic (exact) mass is 282 g/mol. The maximum atomic E-state index is 12.0. The third kappa shape index (κ3) is 4.53. The maximum Gasteiger partial charge on any atom is 0.224 e. The quantitative estimate of drug-likeness (QED) is 0.827. The summed E-state index contributed by atoms with van der Waals surface area (Å²) < 4.78 is 0. The molecule has 0 saturated heterocycles. The minimum Gasteiger partial charge on any atom is -0.326 e. The summed E-state index contributed by atoms with van der Waals surface area (Å²) in [6, 6.07) is 11.0. The van der Waals surface area contributed by atoms with E-state index < -0.39 is 0 Å². The van der Waals surface area contributed by atoms with E-state index in [9.17, 15) is 9.59 Å². The second kappa shape index (κ2) is 7.33. The lowest BCUT2D eigenvalue weighted by Gasteiger charge is -2.05. The van der Waals surface area contributed by atoms with Crippen LogP contribution in [0.1, 0.15) is 35.7 Å². The third-order valence-electron chi connectivity index (χ3n) is 3.23. The van der Waals surface area contributed by atoms with E-state index in [4.69, 9.17) is 0 Å². The van der Waals surface area contributed by atoms with Gasteiger partial charge in [-0.15, -0.1) is 0 Å². The van der Waals surface area contributed by atoms with Gasteiger partial charge in [-0.2, -0.15) is 0 Å². The van der Waals surface area contributed by atoms with Crippen LogP contribution in [0.15, 0.2) is 48.8 Å². The van der Waals surface area contributed by atoms with Gasteiger partial charge < -0.3 is 5.32 Å². The van der Waals surface area contributed by atoms with Gasteiger partial charge in [-0.25, -0.2) is 0 Å². The first kappa shape index (κ1) is 14.9. The first-order valence-electron chi connectivity index (χ1n) is 7.01. The van der Waals surface area contributed by atoms with Crippen molar-refractivity contribution < 1.29 is 9.59 Å². The average molecular weight is 282 g/mol. The summed E-state index contributed by atoms with van der Waals surface area (Å²) in [6.07, 6.45) is 4.55. The summed E-state index contributed by atoms with van der Waals surface area (Å²) in [5, 5.41) is 2.74. The molecule has 1 aromatic heterocycles. The zero-order chi connectivity index (χ0) is 15.1. The van der Waals surface area contributed by atoms with Crippen LogP contribution in [0.2, 0.25) is 0 Å². The summed E-state index contributed by atoms with van der Waals surface area (Å²) in [7, 11) is 0. The lowest BCUT2D eigenvalue weighted by molar-refractivity contribution is -0.116. The molecule has 1 amide bonds. The van der Waals surface area contributed by atoms with E-state index in [1.165, 1.54) is 5.56 Å². The molecule has 0 unspecified atom stereocenters. The molecule has 0 bridgehead atoms. The molecule has 2 aromatic rings. The lowest BCUT2D eigenvalue weighted by atomic mass is 10.0. The Labute approximate surface area is 124 Å². The van der Waals surface area contributed by atoms with E-state index in [0.29, 0.717) is 11.3 Å². The van der Waals surface area contributed by atoms with Crippen LogP contribution in [-0.4, -0.2) is 16.7 Å². The molecule has 0 radical (unpaired) electrons. The number of rotatable bonds is 6. The molecule has 0 saturated carbocycles. The van der Waals surface area contributed by atoms with Crippen LogP contribution in [0, 0.1) is 0 Å². The van der Waals surface area contributed by atoms with Crippen LogP contribution in [0.4, 0.5) is 5.69 Å². The molecule has 0 atom stereocenters. The molecule has 1 heterocycles. The van der Waals surface area contributed by atoms with Crippen molar-refractivity contribution in [3.8, 4) is 0 Å². The van der Waals surface area contributed by atoms with E-state index in [2.05, 4.69) is 17.2 Å². The number of aryl methyl sites for hydroxylation is 1. The number of ketones is 1.